The lowest BCUT2D eigenvalue weighted by atomic mass is 9.62. The molecule has 9 heavy (non-hydrogen) atoms. The number of hydrogen-bond acceptors (Lipinski definition) is 1. The fourth-order valence-electron chi connectivity index (χ4n) is 2.26. The normalized spacial score (nSPS) is 48.6. The second-order valence-electron chi connectivity index (χ2n) is 3.63. The molecule has 0 amide bonds. The van der Waals surface area contributed by atoms with Gasteiger partial charge >= 0.3 is 0 Å². The topological polar surface area (TPSA) is 17.1 Å². The van der Waals surface area contributed by atoms with Crippen molar-refractivity contribution in [2.75, 3.05) is 0 Å². The molecule has 0 radical (unpaired) electrons. The summed E-state index contributed by atoms with van der Waals surface area (Å²) in [5.74, 6) is 1.29. The first-order chi connectivity index (χ1) is 4.23. The molecule has 2 saturated carbocycles. The average Bonchev–Trinajstić information content (AvgIpc) is 2.11. The van der Waals surface area contributed by atoms with Gasteiger partial charge in [0, 0.05) is 11.8 Å². The van der Waals surface area contributed by atoms with E-state index in [9.17, 15) is 4.79 Å². The van der Waals surface area contributed by atoms with Crippen molar-refractivity contribution in [3.63, 3.8) is 0 Å². The van der Waals surface area contributed by atoms with Gasteiger partial charge in [-0.05, 0) is 18.8 Å². The van der Waals surface area contributed by atoms with Gasteiger partial charge in [0.2, 0.25) is 0 Å². The molecule has 50 valence electrons. The maximum atomic E-state index is 11.0. The van der Waals surface area contributed by atoms with Gasteiger partial charge in [0.1, 0.15) is 5.78 Å². The Hall–Kier alpha value is -0.330. The third-order valence-electron chi connectivity index (χ3n) is 3.22. The van der Waals surface area contributed by atoms with Crippen LogP contribution in [-0.4, -0.2) is 5.78 Å². The first-order valence-corrected chi connectivity index (χ1v) is 3.77. The van der Waals surface area contributed by atoms with Crippen LogP contribution < -0.4 is 0 Å². The monoisotopic (exact) mass is 124 g/mol. The number of carbonyl (C=O) groups is 1. The van der Waals surface area contributed by atoms with E-state index in [2.05, 4.69) is 6.92 Å². The fourth-order valence-corrected chi connectivity index (χ4v) is 2.26. The van der Waals surface area contributed by atoms with Gasteiger partial charge in [-0.15, -0.1) is 0 Å². The molecule has 0 aromatic heterocycles. The van der Waals surface area contributed by atoms with E-state index < -0.39 is 0 Å². The molecule has 0 aliphatic heterocycles. The van der Waals surface area contributed by atoms with E-state index in [0.717, 1.165) is 18.8 Å². The van der Waals surface area contributed by atoms with Crippen LogP contribution in [0.3, 0.4) is 0 Å². The summed E-state index contributed by atoms with van der Waals surface area (Å²) < 4.78 is 0. The minimum absolute atomic E-state index is 0.153. The quantitative estimate of drug-likeness (QED) is 0.481. The van der Waals surface area contributed by atoms with Gasteiger partial charge in [0.25, 0.3) is 0 Å². The molecular formula is C8H12O. The van der Waals surface area contributed by atoms with Gasteiger partial charge in [0.15, 0.2) is 0 Å². The summed E-state index contributed by atoms with van der Waals surface area (Å²) in [5.41, 5.74) is 0.153. The minimum Gasteiger partial charge on any atom is -0.299 e. The van der Waals surface area contributed by atoms with E-state index in [4.69, 9.17) is 0 Å². The highest BCUT2D eigenvalue weighted by Crippen LogP contribution is 2.54. The first kappa shape index (κ1) is 5.45. The van der Waals surface area contributed by atoms with Crippen LogP contribution >= 0.6 is 0 Å². The molecule has 0 saturated heterocycles. The van der Waals surface area contributed by atoms with Crippen molar-refractivity contribution in [3.05, 3.63) is 0 Å². The summed E-state index contributed by atoms with van der Waals surface area (Å²) in [6.07, 6.45) is 4.64. The van der Waals surface area contributed by atoms with Gasteiger partial charge in [-0.1, -0.05) is 13.3 Å². The molecule has 1 nitrogen and oxygen atoms in total. The molecule has 2 aliphatic carbocycles. The van der Waals surface area contributed by atoms with E-state index in [-0.39, 0.29) is 5.41 Å². The summed E-state index contributed by atoms with van der Waals surface area (Å²) >= 11 is 0. The standard InChI is InChI=1S/C8H12O/c1-8-4-2-3-6(8)5-7(8)9/h6H,2-5H2,1H3/t6?,8-/m0/s1. The van der Waals surface area contributed by atoms with E-state index in [1.807, 2.05) is 0 Å². The molecule has 0 aromatic carbocycles. The van der Waals surface area contributed by atoms with Crippen LogP contribution in [0.4, 0.5) is 0 Å². The Morgan fingerprint density at radius 3 is 2.89 bits per heavy atom. The molecular weight excluding hydrogens is 112 g/mol. The molecule has 1 heteroatoms. The predicted octanol–water partition coefficient (Wildman–Crippen LogP) is 1.77. The zero-order valence-electron chi connectivity index (χ0n) is 5.81. The Labute approximate surface area is 55.4 Å². The van der Waals surface area contributed by atoms with Gasteiger partial charge in [-0.2, -0.15) is 0 Å². The Balaban J connectivity index is 2.25. The molecule has 0 N–H and O–H groups in total. The summed E-state index contributed by atoms with van der Waals surface area (Å²) in [5, 5.41) is 0. The third kappa shape index (κ3) is 0.480. The van der Waals surface area contributed by atoms with Crippen molar-refractivity contribution in [2.24, 2.45) is 11.3 Å². The van der Waals surface area contributed by atoms with Gasteiger partial charge in [-0.25, -0.2) is 0 Å². The fraction of sp³-hybridized carbons (Fsp3) is 0.875. The molecule has 2 aliphatic rings. The van der Waals surface area contributed by atoms with E-state index in [1.54, 1.807) is 0 Å². The van der Waals surface area contributed by atoms with E-state index in [1.165, 1.54) is 12.8 Å². The highest BCUT2D eigenvalue weighted by molar-refractivity contribution is 5.91. The number of ketones is 1. The minimum atomic E-state index is 0.153. The van der Waals surface area contributed by atoms with Gasteiger partial charge in [0.05, 0.1) is 0 Å². The Morgan fingerprint density at radius 2 is 2.44 bits per heavy atom. The Bertz CT molecular complexity index is 162. The largest absolute Gasteiger partial charge is 0.299 e. The van der Waals surface area contributed by atoms with Crippen LogP contribution in [0.5, 0.6) is 0 Å². The number of rotatable bonds is 0. The molecule has 0 bridgehead atoms. The van der Waals surface area contributed by atoms with Crippen molar-refractivity contribution in [2.45, 2.75) is 32.6 Å². The lowest BCUT2D eigenvalue weighted by Gasteiger charge is -2.39. The van der Waals surface area contributed by atoms with Crippen LogP contribution in [0.2, 0.25) is 0 Å². The Morgan fingerprint density at radius 1 is 1.67 bits per heavy atom. The predicted molar refractivity (Wildman–Crippen MR) is 35.1 cm³/mol. The van der Waals surface area contributed by atoms with Crippen molar-refractivity contribution < 1.29 is 4.79 Å². The third-order valence-corrected chi connectivity index (χ3v) is 3.22. The summed E-state index contributed by atoms with van der Waals surface area (Å²) in [6, 6.07) is 0. The van der Waals surface area contributed by atoms with Crippen molar-refractivity contribution in [1.82, 2.24) is 0 Å². The van der Waals surface area contributed by atoms with Crippen LogP contribution in [0.25, 0.3) is 0 Å². The second kappa shape index (κ2) is 1.39. The maximum absolute atomic E-state index is 11.0. The molecule has 0 spiro atoms. The zero-order valence-corrected chi connectivity index (χ0v) is 5.81. The van der Waals surface area contributed by atoms with E-state index in [0.29, 0.717) is 5.78 Å². The zero-order chi connectivity index (χ0) is 6.48. The molecule has 2 atom stereocenters. The average molecular weight is 124 g/mol. The molecule has 2 rings (SSSR count). The van der Waals surface area contributed by atoms with Crippen molar-refractivity contribution in [1.29, 1.82) is 0 Å². The summed E-state index contributed by atoms with van der Waals surface area (Å²) in [6.45, 7) is 2.14. The summed E-state index contributed by atoms with van der Waals surface area (Å²) in [4.78, 5) is 11.0. The van der Waals surface area contributed by atoms with Crippen LogP contribution in [0.1, 0.15) is 32.6 Å². The Kier molecular flexibility index (Phi) is 0.842. The number of fused-ring (bicyclic) bond motifs is 1. The van der Waals surface area contributed by atoms with Crippen LogP contribution in [-0.2, 0) is 4.79 Å². The number of Topliss-reactive ketones (excluding diaryl/α,β-unsaturated/α-hetero) is 1. The van der Waals surface area contributed by atoms with Gasteiger partial charge in [-0.3, -0.25) is 4.79 Å². The van der Waals surface area contributed by atoms with Crippen LogP contribution in [0, 0.1) is 11.3 Å². The highest BCUT2D eigenvalue weighted by Gasteiger charge is 2.53. The molecule has 0 heterocycles. The van der Waals surface area contributed by atoms with Crippen LogP contribution in [0.15, 0.2) is 0 Å². The lowest BCUT2D eigenvalue weighted by Crippen LogP contribution is -2.43. The van der Waals surface area contributed by atoms with E-state index >= 15 is 0 Å². The summed E-state index contributed by atoms with van der Waals surface area (Å²) in [7, 11) is 0. The second-order valence-corrected chi connectivity index (χ2v) is 3.63. The molecule has 1 unspecified atom stereocenters. The lowest BCUT2D eigenvalue weighted by molar-refractivity contribution is -0.141. The SMILES string of the molecule is C[C@]12CCCC1CC2=O. The maximum Gasteiger partial charge on any atom is 0.139 e. The van der Waals surface area contributed by atoms with Crippen molar-refractivity contribution in [3.8, 4) is 0 Å². The van der Waals surface area contributed by atoms with Gasteiger partial charge < -0.3 is 0 Å². The molecule has 0 aromatic rings. The molecule has 2 fully saturated rings. The number of carbonyl (C=O) groups excluding carboxylic acids is 1. The highest BCUT2D eigenvalue weighted by atomic mass is 16.1. The first-order valence-electron chi connectivity index (χ1n) is 3.77. The smallest absolute Gasteiger partial charge is 0.139 e. The van der Waals surface area contributed by atoms with Crippen molar-refractivity contribution >= 4 is 5.78 Å². The number of hydrogen-bond donors (Lipinski definition) is 0.